The van der Waals surface area contributed by atoms with Crippen molar-refractivity contribution in [3.05, 3.63) is 40.6 Å². The maximum absolute atomic E-state index is 5.64. The van der Waals surface area contributed by atoms with Gasteiger partial charge in [-0.05, 0) is 24.6 Å². The van der Waals surface area contributed by atoms with Crippen LogP contribution < -0.4 is 10.1 Å². The molecular formula is C14H19N3OS. The number of nitrogens with zero attached hydrogens (tertiary/aromatic N) is 2. The molecule has 102 valence electrons. The first-order chi connectivity index (χ1) is 9.24. The molecule has 0 saturated heterocycles. The third kappa shape index (κ3) is 4.96. The highest BCUT2D eigenvalue weighted by atomic mass is 32.1. The number of ether oxygens (including phenoxy) is 1. The summed E-state index contributed by atoms with van der Waals surface area (Å²) in [6.07, 6.45) is 3.59. The number of hydrogen-bond acceptors (Lipinski definition) is 5. The summed E-state index contributed by atoms with van der Waals surface area (Å²) in [5, 5.41) is 3.37. The van der Waals surface area contributed by atoms with E-state index in [9.17, 15) is 0 Å². The van der Waals surface area contributed by atoms with Gasteiger partial charge >= 0.3 is 0 Å². The van der Waals surface area contributed by atoms with Crippen molar-refractivity contribution in [2.24, 2.45) is 5.92 Å². The quantitative estimate of drug-likeness (QED) is 0.845. The molecule has 0 fully saturated rings. The van der Waals surface area contributed by atoms with Gasteiger partial charge in [0.2, 0.25) is 0 Å². The Kier molecular flexibility index (Phi) is 5.30. The van der Waals surface area contributed by atoms with Crippen LogP contribution in [-0.4, -0.2) is 16.5 Å². The molecule has 0 saturated carbocycles. The van der Waals surface area contributed by atoms with Gasteiger partial charge in [-0.3, -0.25) is 9.97 Å². The standard InChI is InChI=1S/C14H19N3OS/c1-11(2)5-15-6-12-3-4-13(7-17-12)18-9-14-8-16-10-19-14/h3-4,7-8,10-11,15H,5-6,9H2,1-2H3. The molecule has 2 aromatic rings. The van der Waals surface area contributed by atoms with Crippen LogP contribution in [0.25, 0.3) is 0 Å². The fourth-order valence-corrected chi connectivity index (χ4v) is 2.06. The van der Waals surface area contributed by atoms with Gasteiger partial charge in [-0.25, -0.2) is 0 Å². The van der Waals surface area contributed by atoms with Crippen molar-refractivity contribution < 1.29 is 4.74 Å². The van der Waals surface area contributed by atoms with E-state index < -0.39 is 0 Å². The summed E-state index contributed by atoms with van der Waals surface area (Å²) >= 11 is 1.59. The second-order valence-electron chi connectivity index (χ2n) is 4.77. The number of hydrogen-bond donors (Lipinski definition) is 1. The van der Waals surface area contributed by atoms with Crippen molar-refractivity contribution in [2.75, 3.05) is 6.54 Å². The van der Waals surface area contributed by atoms with Crippen molar-refractivity contribution in [2.45, 2.75) is 27.0 Å². The molecule has 0 amide bonds. The van der Waals surface area contributed by atoms with Crippen LogP contribution in [0.4, 0.5) is 0 Å². The van der Waals surface area contributed by atoms with Crippen molar-refractivity contribution in [3.8, 4) is 5.75 Å². The molecule has 2 aromatic heterocycles. The Hall–Kier alpha value is -1.46. The first-order valence-corrected chi connectivity index (χ1v) is 7.28. The molecule has 2 heterocycles. The number of thiazole rings is 1. The number of rotatable bonds is 7. The van der Waals surface area contributed by atoms with Crippen molar-refractivity contribution in [1.82, 2.24) is 15.3 Å². The van der Waals surface area contributed by atoms with E-state index in [-0.39, 0.29) is 0 Å². The third-order valence-electron chi connectivity index (χ3n) is 2.52. The van der Waals surface area contributed by atoms with E-state index in [4.69, 9.17) is 4.74 Å². The first-order valence-electron chi connectivity index (χ1n) is 6.40. The van der Waals surface area contributed by atoms with Gasteiger partial charge in [-0.15, -0.1) is 11.3 Å². The molecule has 0 aliphatic heterocycles. The van der Waals surface area contributed by atoms with Gasteiger partial charge in [0.05, 0.1) is 22.3 Å². The van der Waals surface area contributed by atoms with Crippen LogP contribution in [0.2, 0.25) is 0 Å². The summed E-state index contributed by atoms with van der Waals surface area (Å²) in [6.45, 7) is 6.74. The van der Waals surface area contributed by atoms with Crippen molar-refractivity contribution in [1.29, 1.82) is 0 Å². The van der Waals surface area contributed by atoms with E-state index in [0.717, 1.165) is 29.4 Å². The Balaban J connectivity index is 1.77. The maximum Gasteiger partial charge on any atom is 0.138 e. The summed E-state index contributed by atoms with van der Waals surface area (Å²) in [5.74, 6) is 1.45. The van der Waals surface area contributed by atoms with Gasteiger partial charge in [0.25, 0.3) is 0 Å². The molecular weight excluding hydrogens is 258 g/mol. The minimum absolute atomic E-state index is 0.553. The van der Waals surface area contributed by atoms with Crippen LogP contribution in [0.1, 0.15) is 24.4 Å². The van der Waals surface area contributed by atoms with E-state index >= 15 is 0 Å². The fraction of sp³-hybridized carbons (Fsp3) is 0.429. The molecule has 0 aromatic carbocycles. The second-order valence-corrected chi connectivity index (χ2v) is 5.74. The Labute approximate surface area is 117 Å². The Morgan fingerprint density at radius 3 is 2.84 bits per heavy atom. The second kappa shape index (κ2) is 7.21. The van der Waals surface area contributed by atoms with Gasteiger partial charge in [-0.1, -0.05) is 13.8 Å². The molecule has 0 radical (unpaired) electrons. The molecule has 4 nitrogen and oxygen atoms in total. The van der Waals surface area contributed by atoms with Crippen LogP contribution in [-0.2, 0) is 13.2 Å². The highest BCUT2D eigenvalue weighted by Crippen LogP contribution is 2.13. The predicted molar refractivity (Wildman–Crippen MR) is 77.2 cm³/mol. The molecule has 2 rings (SSSR count). The smallest absolute Gasteiger partial charge is 0.138 e. The largest absolute Gasteiger partial charge is 0.486 e. The predicted octanol–water partition coefficient (Wildman–Crippen LogP) is 2.86. The van der Waals surface area contributed by atoms with Gasteiger partial charge < -0.3 is 10.1 Å². The summed E-state index contributed by atoms with van der Waals surface area (Å²) in [4.78, 5) is 9.50. The Bertz CT molecular complexity index is 468. The monoisotopic (exact) mass is 277 g/mol. The summed E-state index contributed by atoms with van der Waals surface area (Å²) in [6, 6.07) is 3.95. The average molecular weight is 277 g/mol. The van der Waals surface area contributed by atoms with Crippen molar-refractivity contribution in [3.63, 3.8) is 0 Å². The highest BCUT2D eigenvalue weighted by Gasteiger charge is 2.00. The SMILES string of the molecule is CC(C)CNCc1ccc(OCc2cncs2)cn1. The van der Waals surface area contributed by atoms with Gasteiger partial charge in [0.1, 0.15) is 12.4 Å². The molecule has 0 atom stereocenters. The fourth-order valence-electron chi connectivity index (χ4n) is 1.56. The summed E-state index contributed by atoms with van der Waals surface area (Å²) in [7, 11) is 0. The Morgan fingerprint density at radius 1 is 1.32 bits per heavy atom. The zero-order chi connectivity index (χ0) is 13.5. The highest BCUT2D eigenvalue weighted by molar-refractivity contribution is 7.09. The summed E-state index contributed by atoms with van der Waals surface area (Å²) in [5.41, 5.74) is 2.84. The van der Waals surface area contributed by atoms with Crippen LogP contribution in [0, 0.1) is 5.92 Å². The zero-order valence-electron chi connectivity index (χ0n) is 11.3. The normalized spacial score (nSPS) is 10.9. The lowest BCUT2D eigenvalue weighted by Gasteiger charge is -2.08. The molecule has 19 heavy (non-hydrogen) atoms. The third-order valence-corrected chi connectivity index (χ3v) is 3.27. The van der Waals surface area contributed by atoms with Gasteiger partial charge in [0, 0.05) is 12.7 Å². The van der Waals surface area contributed by atoms with Crippen LogP contribution in [0.3, 0.4) is 0 Å². The van der Waals surface area contributed by atoms with Crippen molar-refractivity contribution >= 4 is 11.3 Å². The molecule has 0 spiro atoms. The molecule has 0 aliphatic rings. The minimum Gasteiger partial charge on any atom is -0.486 e. The lowest BCUT2D eigenvalue weighted by atomic mass is 10.2. The van der Waals surface area contributed by atoms with Gasteiger partial charge in [-0.2, -0.15) is 0 Å². The average Bonchev–Trinajstić information content (AvgIpc) is 2.90. The summed E-state index contributed by atoms with van der Waals surface area (Å²) < 4.78 is 5.64. The lowest BCUT2D eigenvalue weighted by molar-refractivity contribution is 0.308. The molecule has 5 heteroatoms. The molecule has 1 N–H and O–H groups in total. The van der Waals surface area contributed by atoms with Crippen LogP contribution in [0.15, 0.2) is 30.0 Å². The van der Waals surface area contributed by atoms with E-state index in [2.05, 4.69) is 29.1 Å². The molecule has 0 bridgehead atoms. The van der Waals surface area contributed by atoms with E-state index in [0.29, 0.717) is 12.5 Å². The maximum atomic E-state index is 5.64. The molecule has 0 aliphatic carbocycles. The topological polar surface area (TPSA) is 47.0 Å². The number of aromatic nitrogens is 2. The number of nitrogens with one attached hydrogen (secondary N) is 1. The minimum atomic E-state index is 0.553. The van der Waals surface area contributed by atoms with Crippen LogP contribution in [0.5, 0.6) is 5.75 Å². The zero-order valence-corrected chi connectivity index (χ0v) is 12.1. The molecule has 0 unspecified atom stereocenters. The van der Waals surface area contributed by atoms with Crippen LogP contribution >= 0.6 is 11.3 Å². The van der Waals surface area contributed by atoms with E-state index in [1.807, 2.05) is 18.3 Å². The Morgan fingerprint density at radius 2 is 2.21 bits per heavy atom. The first kappa shape index (κ1) is 14.0. The lowest BCUT2D eigenvalue weighted by Crippen LogP contribution is -2.19. The van der Waals surface area contributed by atoms with Gasteiger partial charge in [0.15, 0.2) is 0 Å². The number of pyridine rings is 1. The van der Waals surface area contributed by atoms with E-state index in [1.165, 1.54) is 0 Å². The van der Waals surface area contributed by atoms with E-state index in [1.54, 1.807) is 23.0 Å².